The first-order valence-electron chi connectivity index (χ1n) is 5.14. The second kappa shape index (κ2) is 5.46. The zero-order valence-electron chi connectivity index (χ0n) is 9.77. The minimum Gasteiger partial charge on any atom is -0.416 e. The fourth-order valence-corrected chi connectivity index (χ4v) is 2.43. The summed E-state index contributed by atoms with van der Waals surface area (Å²) in [5, 5.41) is 11.6. The number of nitrogens with zero attached hydrogens (tertiary/aromatic N) is 3. The summed E-state index contributed by atoms with van der Waals surface area (Å²) < 4.78 is 5.51. The summed E-state index contributed by atoms with van der Waals surface area (Å²) >= 11 is 3.13. The molecular formula is C11H13N3OS2. The van der Waals surface area contributed by atoms with Crippen molar-refractivity contribution in [2.45, 2.75) is 25.5 Å². The molecular weight excluding hydrogens is 254 g/mol. The van der Waals surface area contributed by atoms with Crippen LogP contribution in [0.1, 0.15) is 23.5 Å². The Morgan fingerprint density at radius 2 is 2.35 bits per heavy atom. The van der Waals surface area contributed by atoms with Gasteiger partial charge in [-0.3, -0.25) is 0 Å². The largest absolute Gasteiger partial charge is 0.416 e. The van der Waals surface area contributed by atoms with E-state index < -0.39 is 0 Å². The zero-order chi connectivity index (χ0) is 12.3. The maximum Gasteiger partial charge on any atom is 0.276 e. The molecule has 0 amide bonds. The molecule has 0 aliphatic carbocycles. The monoisotopic (exact) mass is 267 g/mol. The van der Waals surface area contributed by atoms with E-state index in [4.69, 9.17) is 4.42 Å². The van der Waals surface area contributed by atoms with Crippen LogP contribution in [0.4, 0.5) is 0 Å². The number of aryl methyl sites for hydroxylation is 1. The van der Waals surface area contributed by atoms with Crippen molar-refractivity contribution in [3.8, 4) is 0 Å². The van der Waals surface area contributed by atoms with Gasteiger partial charge in [-0.1, -0.05) is 23.9 Å². The van der Waals surface area contributed by atoms with Crippen molar-refractivity contribution < 1.29 is 4.42 Å². The van der Waals surface area contributed by atoms with E-state index in [1.54, 1.807) is 11.3 Å². The molecule has 2 rings (SSSR count). The van der Waals surface area contributed by atoms with E-state index in [1.807, 2.05) is 19.2 Å². The first-order valence-corrected chi connectivity index (χ1v) is 7.00. The van der Waals surface area contributed by atoms with Crippen molar-refractivity contribution in [2.24, 2.45) is 0 Å². The number of thiazole rings is 1. The fourth-order valence-electron chi connectivity index (χ4n) is 1.20. The maximum absolute atomic E-state index is 5.51. The van der Waals surface area contributed by atoms with Gasteiger partial charge in [0.15, 0.2) is 0 Å². The van der Waals surface area contributed by atoms with E-state index in [0.29, 0.717) is 17.5 Å². The second-order valence-corrected chi connectivity index (χ2v) is 5.73. The van der Waals surface area contributed by atoms with Crippen LogP contribution in [-0.4, -0.2) is 20.9 Å². The van der Waals surface area contributed by atoms with Gasteiger partial charge < -0.3 is 4.42 Å². The van der Waals surface area contributed by atoms with Crippen LogP contribution in [0.15, 0.2) is 27.2 Å². The van der Waals surface area contributed by atoms with Crippen molar-refractivity contribution in [1.82, 2.24) is 15.2 Å². The highest BCUT2D eigenvalue weighted by Gasteiger charge is 2.09. The third-order valence-corrected chi connectivity index (χ3v) is 3.76. The molecule has 6 heteroatoms. The van der Waals surface area contributed by atoms with Gasteiger partial charge in [0.2, 0.25) is 5.89 Å². The van der Waals surface area contributed by atoms with Gasteiger partial charge in [0.05, 0.1) is 17.1 Å². The lowest BCUT2D eigenvalue weighted by Crippen LogP contribution is -1.88. The van der Waals surface area contributed by atoms with E-state index in [9.17, 15) is 0 Å². The van der Waals surface area contributed by atoms with E-state index in [-0.39, 0.29) is 0 Å². The predicted octanol–water partition coefficient (Wildman–Crippen LogP) is 3.09. The average molecular weight is 267 g/mol. The van der Waals surface area contributed by atoms with Crippen molar-refractivity contribution in [3.63, 3.8) is 0 Å². The standard InChI is InChI=1S/C11H13N3OS2/c1-7(2)5-17-11-14-13-10(15-11)4-9-6-16-8(3)12-9/h6H,1,4-5H2,2-3H3. The Hall–Kier alpha value is -1.14. The molecule has 0 N–H and O–H groups in total. The molecule has 0 atom stereocenters. The van der Waals surface area contributed by atoms with Crippen molar-refractivity contribution in [2.75, 3.05) is 5.75 Å². The number of aromatic nitrogens is 3. The molecule has 0 aliphatic rings. The minimum atomic E-state index is 0.593. The SMILES string of the molecule is C=C(C)CSc1nnc(Cc2csc(C)n2)o1. The van der Waals surface area contributed by atoms with Gasteiger partial charge in [-0.25, -0.2) is 4.98 Å². The van der Waals surface area contributed by atoms with Crippen LogP contribution in [0.5, 0.6) is 0 Å². The molecule has 0 aromatic carbocycles. The lowest BCUT2D eigenvalue weighted by atomic mass is 10.3. The zero-order valence-corrected chi connectivity index (χ0v) is 11.4. The predicted molar refractivity (Wildman–Crippen MR) is 69.5 cm³/mol. The molecule has 2 heterocycles. The van der Waals surface area contributed by atoms with Gasteiger partial charge >= 0.3 is 0 Å². The van der Waals surface area contributed by atoms with Crippen LogP contribution >= 0.6 is 23.1 Å². The van der Waals surface area contributed by atoms with E-state index in [0.717, 1.165) is 22.0 Å². The molecule has 0 saturated carbocycles. The van der Waals surface area contributed by atoms with Gasteiger partial charge in [0.1, 0.15) is 0 Å². The molecule has 0 unspecified atom stereocenters. The molecule has 0 radical (unpaired) electrons. The Morgan fingerprint density at radius 3 is 3.00 bits per heavy atom. The molecule has 17 heavy (non-hydrogen) atoms. The van der Waals surface area contributed by atoms with Gasteiger partial charge in [0.25, 0.3) is 5.22 Å². The minimum absolute atomic E-state index is 0.593. The Morgan fingerprint density at radius 1 is 1.53 bits per heavy atom. The third-order valence-electron chi connectivity index (χ3n) is 1.89. The second-order valence-electron chi connectivity index (χ2n) is 3.74. The topological polar surface area (TPSA) is 51.8 Å². The Balaban J connectivity index is 1.96. The molecule has 0 bridgehead atoms. The lowest BCUT2D eigenvalue weighted by Gasteiger charge is -1.93. The van der Waals surface area contributed by atoms with Gasteiger partial charge in [-0.15, -0.1) is 21.5 Å². The van der Waals surface area contributed by atoms with Crippen molar-refractivity contribution >= 4 is 23.1 Å². The number of hydrogen-bond donors (Lipinski definition) is 0. The van der Waals surface area contributed by atoms with E-state index >= 15 is 0 Å². The summed E-state index contributed by atoms with van der Waals surface area (Å²) in [5.74, 6) is 1.41. The highest BCUT2D eigenvalue weighted by molar-refractivity contribution is 7.99. The van der Waals surface area contributed by atoms with Crippen LogP contribution in [0.2, 0.25) is 0 Å². The van der Waals surface area contributed by atoms with Crippen LogP contribution < -0.4 is 0 Å². The van der Waals surface area contributed by atoms with Crippen molar-refractivity contribution in [3.05, 3.63) is 34.1 Å². The van der Waals surface area contributed by atoms with Crippen LogP contribution in [0, 0.1) is 6.92 Å². The molecule has 90 valence electrons. The van der Waals surface area contributed by atoms with Gasteiger partial charge in [0, 0.05) is 11.1 Å². The summed E-state index contributed by atoms with van der Waals surface area (Å²) in [7, 11) is 0. The Kier molecular flexibility index (Phi) is 3.96. The Labute approximate surface area is 108 Å². The van der Waals surface area contributed by atoms with Gasteiger partial charge in [-0.2, -0.15) is 0 Å². The average Bonchev–Trinajstić information content (AvgIpc) is 2.86. The molecule has 0 aliphatic heterocycles. The number of thioether (sulfide) groups is 1. The summed E-state index contributed by atoms with van der Waals surface area (Å²) in [4.78, 5) is 4.36. The van der Waals surface area contributed by atoms with Gasteiger partial charge in [-0.05, 0) is 13.8 Å². The quantitative estimate of drug-likeness (QED) is 0.615. The highest BCUT2D eigenvalue weighted by atomic mass is 32.2. The van der Waals surface area contributed by atoms with Crippen LogP contribution in [-0.2, 0) is 6.42 Å². The lowest BCUT2D eigenvalue weighted by molar-refractivity contribution is 0.419. The summed E-state index contributed by atoms with van der Waals surface area (Å²) in [6.45, 7) is 7.78. The highest BCUT2D eigenvalue weighted by Crippen LogP contribution is 2.19. The maximum atomic E-state index is 5.51. The molecule has 4 nitrogen and oxygen atoms in total. The summed E-state index contributed by atoms with van der Waals surface area (Å²) in [5.41, 5.74) is 2.07. The van der Waals surface area contributed by atoms with E-state index in [1.165, 1.54) is 11.8 Å². The third kappa shape index (κ3) is 3.67. The fraction of sp³-hybridized carbons (Fsp3) is 0.364. The van der Waals surface area contributed by atoms with Crippen LogP contribution in [0.25, 0.3) is 0 Å². The molecule has 0 spiro atoms. The van der Waals surface area contributed by atoms with E-state index in [2.05, 4.69) is 21.8 Å². The summed E-state index contributed by atoms with van der Waals surface area (Å²) in [6, 6.07) is 0. The molecule has 2 aromatic heterocycles. The van der Waals surface area contributed by atoms with Crippen LogP contribution in [0.3, 0.4) is 0 Å². The number of hydrogen-bond acceptors (Lipinski definition) is 6. The summed E-state index contributed by atoms with van der Waals surface area (Å²) in [6.07, 6.45) is 0.602. The number of rotatable bonds is 5. The Bertz CT molecular complexity index is 518. The first-order chi connectivity index (χ1) is 8.13. The molecule has 0 fully saturated rings. The smallest absolute Gasteiger partial charge is 0.276 e. The van der Waals surface area contributed by atoms with Crippen molar-refractivity contribution in [1.29, 1.82) is 0 Å². The molecule has 0 saturated heterocycles. The molecule has 2 aromatic rings. The normalized spacial score (nSPS) is 10.7. The first kappa shape index (κ1) is 12.3.